The fourth-order valence-electron chi connectivity index (χ4n) is 1.68. The van der Waals surface area contributed by atoms with Crippen molar-refractivity contribution in [1.82, 2.24) is 9.97 Å². The summed E-state index contributed by atoms with van der Waals surface area (Å²) in [5, 5.41) is 0. The number of pyridine rings is 2. The molecule has 0 saturated carbocycles. The minimum atomic E-state index is -5.01. The summed E-state index contributed by atoms with van der Waals surface area (Å²) in [6, 6.07) is 4.26. The van der Waals surface area contributed by atoms with E-state index in [1.807, 2.05) is 0 Å². The van der Waals surface area contributed by atoms with Gasteiger partial charge >= 0.3 is 12.4 Å². The Morgan fingerprint density at radius 1 is 0.750 bits per heavy atom. The Bertz CT molecular complexity index is 571. The minimum absolute atomic E-state index is 0.430. The first-order valence-corrected chi connectivity index (χ1v) is 5.26. The molecule has 0 fully saturated rings. The van der Waals surface area contributed by atoms with E-state index in [1.165, 1.54) is 12.1 Å². The quantitative estimate of drug-likeness (QED) is 0.737. The Morgan fingerprint density at radius 3 is 1.95 bits per heavy atom. The van der Waals surface area contributed by atoms with Crippen LogP contribution in [0.4, 0.5) is 26.3 Å². The van der Waals surface area contributed by atoms with Crippen LogP contribution in [0.5, 0.6) is 0 Å². The molecule has 8 heteroatoms. The van der Waals surface area contributed by atoms with Crippen molar-refractivity contribution < 1.29 is 26.3 Å². The lowest BCUT2D eigenvalue weighted by Gasteiger charge is -2.17. The van der Waals surface area contributed by atoms with E-state index in [2.05, 4.69) is 9.97 Å². The summed E-state index contributed by atoms with van der Waals surface area (Å²) in [5.74, 6) is 0. The lowest BCUT2D eigenvalue weighted by atomic mass is 10.0. The van der Waals surface area contributed by atoms with Crippen LogP contribution in [0.25, 0.3) is 11.3 Å². The van der Waals surface area contributed by atoms with Crippen molar-refractivity contribution in [2.75, 3.05) is 0 Å². The highest BCUT2D eigenvalue weighted by Gasteiger charge is 2.42. The second-order valence-electron chi connectivity index (χ2n) is 3.79. The molecular formula is C12H6F6N2. The van der Waals surface area contributed by atoms with Gasteiger partial charge in [-0.05, 0) is 18.2 Å². The topological polar surface area (TPSA) is 25.8 Å². The average Bonchev–Trinajstić information content (AvgIpc) is 2.37. The summed E-state index contributed by atoms with van der Waals surface area (Å²) >= 11 is 0. The molecule has 0 atom stereocenters. The van der Waals surface area contributed by atoms with E-state index in [4.69, 9.17) is 0 Å². The van der Waals surface area contributed by atoms with Gasteiger partial charge in [-0.1, -0.05) is 6.07 Å². The lowest BCUT2D eigenvalue weighted by Crippen LogP contribution is -2.16. The largest absolute Gasteiger partial charge is 0.434 e. The molecule has 0 radical (unpaired) electrons. The molecule has 0 aliphatic heterocycles. The van der Waals surface area contributed by atoms with Crippen molar-refractivity contribution in [3.8, 4) is 11.3 Å². The monoisotopic (exact) mass is 292 g/mol. The number of hydrogen-bond donors (Lipinski definition) is 0. The van der Waals surface area contributed by atoms with E-state index in [9.17, 15) is 26.3 Å². The molecule has 2 nitrogen and oxygen atoms in total. The smallest absolute Gasteiger partial charge is 0.256 e. The Morgan fingerprint density at radius 2 is 1.45 bits per heavy atom. The third-order valence-electron chi connectivity index (χ3n) is 2.45. The fourth-order valence-corrected chi connectivity index (χ4v) is 1.68. The summed E-state index contributed by atoms with van der Waals surface area (Å²) in [4.78, 5) is 6.59. The molecule has 2 aromatic heterocycles. The van der Waals surface area contributed by atoms with Crippen LogP contribution in [0.3, 0.4) is 0 Å². The van der Waals surface area contributed by atoms with Crippen molar-refractivity contribution in [3.63, 3.8) is 0 Å². The maximum atomic E-state index is 12.9. The Balaban J connectivity index is 2.80. The van der Waals surface area contributed by atoms with Gasteiger partial charge in [0.1, 0.15) is 0 Å². The first-order chi connectivity index (χ1) is 9.21. The van der Waals surface area contributed by atoms with Crippen LogP contribution in [-0.2, 0) is 12.4 Å². The second-order valence-corrected chi connectivity index (χ2v) is 3.79. The van der Waals surface area contributed by atoms with Crippen LogP contribution in [0.15, 0.2) is 36.7 Å². The molecule has 0 amide bonds. The predicted molar refractivity (Wildman–Crippen MR) is 57.5 cm³/mol. The molecule has 2 aromatic rings. The van der Waals surface area contributed by atoms with Gasteiger partial charge in [0.25, 0.3) is 0 Å². The highest BCUT2D eigenvalue weighted by atomic mass is 19.4. The van der Waals surface area contributed by atoms with Gasteiger partial charge in [0.05, 0.1) is 11.3 Å². The van der Waals surface area contributed by atoms with E-state index in [0.29, 0.717) is 12.3 Å². The zero-order valence-electron chi connectivity index (χ0n) is 9.63. The van der Waals surface area contributed by atoms with Gasteiger partial charge in [0, 0.05) is 18.0 Å². The van der Waals surface area contributed by atoms with Gasteiger partial charge in [0.15, 0.2) is 5.69 Å². The molecule has 0 bridgehead atoms. The van der Waals surface area contributed by atoms with Crippen molar-refractivity contribution in [2.24, 2.45) is 0 Å². The third kappa shape index (κ3) is 2.73. The van der Waals surface area contributed by atoms with E-state index in [0.717, 1.165) is 12.3 Å². The Labute approximate surface area is 109 Å². The summed E-state index contributed by atoms with van der Waals surface area (Å²) < 4.78 is 77.2. The van der Waals surface area contributed by atoms with Gasteiger partial charge in [-0.3, -0.25) is 9.97 Å². The molecule has 0 aliphatic carbocycles. The third-order valence-corrected chi connectivity index (χ3v) is 2.45. The first kappa shape index (κ1) is 14.3. The zero-order valence-corrected chi connectivity index (χ0v) is 9.63. The molecule has 2 heterocycles. The van der Waals surface area contributed by atoms with Crippen molar-refractivity contribution in [2.45, 2.75) is 12.4 Å². The van der Waals surface area contributed by atoms with Crippen LogP contribution in [0, 0.1) is 0 Å². The van der Waals surface area contributed by atoms with E-state index in [1.54, 1.807) is 0 Å². The Kier molecular flexibility index (Phi) is 3.41. The molecule has 0 aromatic carbocycles. The number of halogens is 6. The van der Waals surface area contributed by atoms with Crippen LogP contribution < -0.4 is 0 Å². The van der Waals surface area contributed by atoms with E-state index < -0.39 is 34.9 Å². The zero-order chi connectivity index (χ0) is 15.0. The standard InChI is InChI=1S/C12H6F6N2/c13-11(14,15)7-4-6-20-10(12(16,17)18)9(7)8-3-1-2-5-19-8/h1-6H. The number of nitrogens with zero attached hydrogens (tertiary/aromatic N) is 2. The molecule has 0 N–H and O–H groups in total. The van der Waals surface area contributed by atoms with Gasteiger partial charge < -0.3 is 0 Å². The van der Waals surface area contributed by atoms with Gasteiger partial charge in [0.2, 0.25) is 0 Å². The molecule has 106 valence electrons. The molecule has 0 saturated heterocycles. The summed E-state index contributed by atoms with van der Waals surface area (Å²) in [5.41, 5.74) is -4.52. The van der Waals surface area contributed by atoms with Crippen LogP contribution in [0.1, 0.15) is 11.3 Å². The average molecular weight is 292 g/mol. The maximum absolute atomic E-state index is 12.9. The molecule has 0 spiro atoms. The normalized spacial score (nSPS) is 12.5. The molecule has 0 unspecified atom stereocenters. The maximum Gasteiger partial charge on any atom is 0.434 e. The number of rotatable bonds is 1. The second kappa shape index (κ2) is 4.77. The summed E-state index contributed by atoms with van der Waals surface area (Å²) in [7, 11) is 0. The van der Waals surface area contributed by atoms with E-state index >= 15 is 0 Å². The van der Waals surface area contributed by atoms with Crippen molar-refractivity contribution in [3.05, 3.63) is 47.9 Å². The SMILES string of the molecule is FC(F)(F)c1ccnc(C(F)(F)F)c1-c1ccccn1. The van der Waals surface area contributed by atoms with Crippen molar-refractivity contribution in [1.29, 1.82) is 0 Å². The summed E-state index contributed by atoms with van der Waals surface area (Å²) in [6.07, 6.45) is -8.34. The molecule has 0 aliphatic rings. The highest BCUT2D eigenvalue weighted by molar-refractivity contribution is 5.67. The predicted octanol–water partition coefficient (Wildman–Crippen LogP) is 4.18. The van der Waals surface area contributed by atoms with Crippen LogP contribution in [-0.4, -0.2) is 9.97 Å². The van der Waals surface area contributed by atoms with Gasteiger partial charge in [-0.2, -0.15) is 26.3 Å². The Hall–Kier alpha value is -2.12. The molecular weight excluding hydrogens is 286 g/mol. The van der Waals surface area contributed by atoms with Crippen molar-refractivity contribution >= 4 is 0 Å². The lowest BCUT2D eigenvalue weighted by molar-refractivity contribution is -0.144. The molecule has 20 heavy (non-hydrogen) atoms. The van der Waals surface area contributed by atoms with Crippen LogP contribution >= 0.6 is 0 Å². The number of hydrogen-bond acceptors (Lipinski definition) is 2. The van der Waals surface area contributed by atoms with Gasteiger partial charge in [-0.25, -0.2) is 0 Å². The fraction of sp³-hybridized carbons (Fsp3) is 0.167. The number of alkyl halides is 6. The van der Waals surface area contributed by atoms with Gasteiger partial charge in [-0.15, -0.1) is 0 Å². The number of aromatic nitrogens is 2. The summed E-state index contributed by atoms with van der Waals surface area (Å²) in [6.45, 7) is 0. The highest BCUT2D eigenvalue weighted by Crippen LogP contribution is 2.42. The van der Waals surface area contributed by atoms with Crippen LogP contribution in [0.2, 0.25) is 0 Å². The first-order valence-electron chi connectivity index (χ1n) is 5.26. The minimum Gasteiger partial charge on any atom is -0.256 e. The molecule has 2 rings (SSSR count). The van der Waals surface area contributed by atoms with E-state index in [-0.39, 0.29) is 0 Å².